The fourth-order valence-corrected chi connectivity index (χ4v) is 8.05. The summed E-state index contributed by atoms with van der Waals surface area (Å²) in [7, 11) is -16.7. The molecule has 3 heterocycles. The fraction of sp³-hybridized carbons (Fsp3) is 0.481. The van der Waals surface area contributed by atoms with E-state index in [0.29, 0.717) is 18.6 Å². The van der Waals surface area contributed by atoms with Crippen molar-refractivity contribution in [2.45, 2.75) is 71.6 Å². The summed E-state index contributed by atoms with van der Waals surface area (Å²) in [6.45, 7) is 6.98. The first-order valence-electron chi connectivity index (χ1n) is 15.4. The Morgan fingerprint density at radius 1 is 1.00 bits per heavy atom. The molecule has 0 spiro atoms. The van der Waals surface area contributed by atoms with Crippen LogP contribution in [-0.2, 0) is 49.5 Å². The number of hydrogen-bond donors (Lipinski definition) is 6. The van der Waals surface area contributed by atoms with Gasteiger partial charge in [0.1, 0.15) is 13.0 Å². The number of H-pyrrole nitrogens is 2. The molecule has 0 radical (unpaired) electrons. The summed E-state index contributed by atoms with van der Waals surface area (Å²) in [5.41, 5.74) is 9.07. The van der Waals surface area contributed by atoms with Gasteiger partial charge in [0.15, 0.2) is 0 Å². The molecular weight excluding hydrogens is 771 g/mol. The van der Waals surface area contributed by atoms with E-state index in [0.717, 1.165) is 15.8 Å². The molecule has 1 aliphatic rings. The molecule has 53 heavy (non-hydrogen) atoms. The number of hydrogen-bond acceptors (Lipinski definition) is 13. The Balaban J connectivity index is 0.000000302. The zero-order valence-corrected chi connectivity index (χ0v) is 31.3. The van der Waals surface area contributed by atoms with Crippen molar-refractivity contribution in [1.29, 1.82) is 0 Å². The minimum Gasteiger partial charge on any atom is -0.361 e. The van der Waals surface area contributed by atoms with Crippen LogP contribution in [0.1, 0.15) is 61.7 Å². The maximum Gasteiger partial charge on any atom is 0.490 e. The Labute approximate surface area is 299 Å². The zero-order valence-electron chi connectivity index (χ0n) is 28.6. The Morgan fingerprint density at radius 2 is 1.64 bits per heavy atom. The number of phosphoric ester groups is 1. The molecule has 6 N–H and O–H groups in total. The van der Waals surface area contributed by atoms with Gasteiger partial charge in [-0.05, 0) is 30.9 Å². The van der Waals surface area contributed by atoms with Crippen LogP contribution in [0.5, 0.6) is 0 Å². The van der Waals surface area contributed by atoms with Crippen LogP contribution in [-0.4, -0.2) is 64.0 Å². The molecule has 3 aromatic rings. The summed E-state index contributed by atoms with van der Waals surface area (Å²) in [4.78, 5) is 90.5. The van der Waals surface area contributed by atoms with Crippen LogP contribution in [0, 0.1) is 6.92 Å². The molecular formula is C27H38N7O16P3. The maximum atomic E-state index is 12.2. The highest BCUT2D eigenvalue weighted by Crippen LogP contribution is 2.66. The summed E-state index contributed by atoms with van der Waals surface area (Å²) in [5.74, 6) is 0.0240. The van der Waals surface area contributed by atoms with Crippen LogP contribution >= 0.6 is 23.5 Å². The molecule has 23 nitrogen and oxygen atoms in total. The van der Waals surface area contributed by atoms with Gasteiger partial charge >= 0.3 is 34.8 Å². The molecule has 1 aliphatic heterocycles. The van der Waals surface area contributed by atoms with Gasteiger partial charge in [-0.25, -0.2) is 23.3 Å². The number of benzene rings is 1. The fourth-order valence-electron chi connectivity index (χ4n) is 5.02. The van der Waals surface area contributed by atoms with Crippen LogP contribution in [0.4, 0.5) is 0 Å². The highest BCUT2D eigenvalue weighted by atomic mass is 31.3. The first-order valence-corrected chi connectivity index (χ1v) is 20.0. The van der Waals surface area contributed by atoms with Gasteiger partial charge in [0.05, 0.1) is 18.8 Å². The first-order chi connectivity index (χ1) is 24.7. The lowest BCUT2D eigenvalue weighted by Crippen LogP contribution is -2.36. The Bertz CT molecular complexity index is 2180. The van der Waals surface area contributed by atoms with Gasteiger partial charge in [-0.3, -0.25) is 33.2 Å². The molecule has 0 aliphatic carbocycles. The number of nitrogens with one attached hydrogen (secondary N) is 2. The van der Waals surface area contributed by atoms with Crippen LogP contribution in [0.15, 0.2) is 60.8 Å². The van der Waals surface area contributed by atoms with Gasteiger partial charge in [-0.15, -0.1) is 0 Å². The summed E-state index contributed by atoms with van der Waals surface area (Å²) >= 11 is 0. The molecule has 4 rings (SSSR count). The maximum absolute atomic E-state index is 12.2. The molecule has 26 heteroatoms. The predicted molar refractivity (Wildman–Crippen MR) is 184 cm³/mol. The minimum atomic E-state index is -5.70. The van der Waals surface area contributed by atoms with E-state index in [2.05, 4.69) is 28.2 Å². The number of ether oxygens (including phenoxy) is 2. The highest BCUT2D eigenvalue weighted by Gasteiger charge is 2.43. The third-order valence-corrected chi connectivity index (χ3v) is 11.0. The van der Waals surface area contributed by atoms with Gasteiger partial charge in [-0.2, -0.15) is 8.62 Å². The Kier molecular flexibility index (Phi) is 15.2. The van der Waals surface area contributed by atoms with Crippen LogP contribution in [0.2, 0.25) is 0 Å². The standard InChI is InChI=1S/C17H22N2O3.C10H16N5O13P3/c1-4-22-11-19-14(10-13-8-6-5-7-9-13)15(12(2)3)16(20)18-17(19)21;1-5-3-15(10(17)12-9(5)16)8-2-6(13-14-11)7(26-8)4-25-30(21,22)28-31(23,24)27-29(18,19)20/h5-9,12H,4,10-11H2,1-3H3,(H,18,20,21);3,6-8H,2,4H2,1H3,(H,21,22)(H,23,24)(H,12,16,17)(H2,18,19,20)/t;6-,7+,8+/m.0/s1. The highest BCUT2D eigenvalue weighted by molar-refractivity contribution is 7.66. The van der Waals surface area contributed by atoms with E-state index in [9.17, 15) is 37.8 Å². The van der Waals surface area contributed by atoms with E-state index in [4.69, 9.17) is 29.7 Å². The molecule has 1 saturated heterocycles. The number of aromatic amines is 2. The largest absolute Gasteiger partial charge is 0.490 e. The van der Waals surface area contributed by atoms with Crippen molar-refractivity contribution in [2.24, 2.45) is 5.11 Å². The molecule has 0 bridgehead atoms. The number of phosphoric acid groups is 3. The van der Waals surface area contributed by atoms with Crippen molar-refractivity contribution in [3.8, 4) is 0 Å². The van der Waals surface area contributed by atoms with Gasteiger partial charge < -0.3 is 29.0 Å². The summed E-state index contributed by atoms with van der Waals surface area (Å²) < 4.78 is 58.8. The topological polar surface area (TPSA) is 337 Å². The lowest BCUT2D eigenvalue weighted by atomic mass is 9.98. The average molecular weight is 810 g/mol. The van der Waals surface area contributed by atoms with E-state index >= 15 is 0 Å². The quantitative estimate of drug-likeness (QED) is 0.0555. The van der Waals surface area contributed by atoms with Crippen molar-refractivity contribution in [2.75, 3.05) is 13.2 Å². The molecule has 292 valence electrons. The number of nitrogens with zero attached hydrogens (tertiary/aromatic N) is 5. The third kappa shape index (κ3) is 12.9. The zero-order chi connectivity index (χ0) is 39.7. The van der Waals surface area contributed by atoms with Gasteiger partial charge in [-0.1, -0.05) is 49.3 Å². The van der Waals surface area contributed by atoms with E-state index in [-0.39, 0.29) is 30.2 Å². The monoisotopic (exact) mass is 809 g/mol. The summed E-state index contributed by atoms with van der Waals surface area (Å²) in [6, 6.07) is 8.77. The Hall–Kier alpha value is -3.78. The van der Waals surface area contributed by atoms with Crippen molar-refractivity contribution in [3.63, 3.8) is 0 Å². The normalized spacial score (nSPS) is 19.5. The van der Waals surface area contributed by atoms with Crippen LogP contribution in [0.3, 0.4) is 0 Å². The third-order valence-electron chi connectivity index (χ3n) is 7.24. The van der Waals surface area contributed by atoms with Crippen molar-refractivity contribution < 1.29 is 55.9 Å². The van der Waals surface area contributed by atoms with Crippen molar-refractivity contribution in [3.05, 3.63) is 111 Å². The van der Waals surface area contributed by atoms with E-state index in [1.807, 2.05) is 56.1 Å². The second-order valence-corrected chi connectivity index (χ2v) is 15.9. The average Bonchev–Trinajstić information content (AvgIpc) is 3.43. The SMILES string of the molecule is CCOCn1c(Cc2ccccc2)c(C(C)C)c(=O)[nH]c1=O.Cc1cn([C@H]2C[C@H](N=[N+]=[N-])[C@@H](COP(=O)(O)OP(=O)(O)OP(=O)(O)O)O2)c(=O)[nH]c1=O. The lowest BCUT2D eigenvalue weighted by Gasteiger charge is -2.19. The number of rotatable bonds is 15. The molecule has 2 aromatic heterocycles. The second-order valence-electron chi connectivity index (χ2n) is 11.5. The van der Waals surface area contributed by atoms with Crippen molar-refractivity contribution in [1.82, 2.24) is 19.1 Å². The summed E-state index contributed by atoms with van der Waals surface area (Å²) in [5, 5.41) is 3.42. The smallest absolute Gasteiger partial charge is 0.361 e. The van der Waals surface area contributed by atoms with Crippen molar-refractivity contribution >= 4 is 23.5 Å². The van der Waals surface area contributed by atoms with Gasteiger partial charge in [0.2, 0.25) is 0 Å². The lowest BCUT2D eigenvalue weighted by molar-refractivity contribution is -0.0267. The molecule has 5 atom stereocenters. The second kappa shape index (κ2) is 18.5. The van der Waals surface area contributed by atoms with Crippen LogP contribution in [0.25, 0.3) is 10.4 Å². The predicted octanol–water partition coefficient (Wildman–Crippen LogP) is 2.40. The minimum absolute atomic E-state index is 0.0240. The van der Waals surface area contributed by atoms with E-state index in [1.54, 1.807) is 0 Å². The van der Waals surface area contributed by atoms with Gasteiger partial charge in [0.25, 0.3) is 11.1 Å². The van der Waals surface area contributed by atoms with E-state index in [1.165, 1.54) is 17.7 Å². The van der Waals surface area contributed by atoms with Gasteiger partial charge in [0, 0.05) is 47.4 Å². The first kappa shape index (κ1) is 43.6. The molecule has 1 aromatic carbocycles. The number of aryl methyl sites for hydroxylation is 1. The molecule has 1 fully saturated rings. The molecule has 2 unspecified atom stereocenters. The van der Waals surface area contributed by atoms with E-state index < -0.39 is 65.4 Å². The number of aromatic nitrogens is 4. The molecule has 0 saturated carbocycles. The summed E-state index contributed by atoms with van der Waals surface area (Å²) in [6.07, 6.45) is -0.734. The Morgan fingerprint density at radius 3 is 2.23 bits per heavy atom. The molecule has 0 amide bonds. The van der Waals surface area contributed by atoms with Crippen LogP contribution < -0.4 is 22.5 Å². The number of azide groups is 1.